The molecule has 5 heteroatoms. The fourth-order valence-electron chi connectivity index (χ4n) is 3.33. The normalized spacial score (nSPS) is 16.5. The van der Waals surface area contributed by atoms with Gasteiger partial charge in [0.25, 0.3) is 0 Å². The summed E-state index contributed by atoms with van der Waals surface area (Å²) < 4.78 is 10.9. The van der Waals surface area contributed by atoms with Crippen molar-refractivity contribution in [2.24, 2.45) is 5.73 Å². The average Bonchev–Trinajstić information content (AvgIpc) is 2.65. The van der Waals surface area contributed by atoms with E-state index < -0.39 is 0 Å². The van der Waals surface area contributed by atoms with Crippen LogP contribution >= 0.6 is 0 Å². The van der Waals surface area contributed by atoms with Crippen LogP contribution in [0.2, 0.25) is 0 Å². The molecule has 2 aromatic carbocycles. The van der Waals surface area contributed by atoms with Gasteiger partial charge in [0.2, 0.25) is 5.91 Å². The molecule has 1 aliphatic rings. The molecule has 0 fully saturated rings. The molecule has 126 valence electrons. The number of carbonyl (C=O) groups is 1. The van der Waals surface area contributed by atoms with Crippen LogP contribution in [0.25, 0.3) is 0 Å². The lowest BCUT2D eigenvalue weighted by Crippen LogP contribution is -2.43. The Morgan fingerprint density at radius 2 is 1.83 bits per heavy atom. The maximum Gasteiger partial charge on any atom is 0.237 e. The molecule has 0 bridgehead atoms. The molecule has 1 amide bonds. The van der Waals surface area contributed by atoms with Crippen LogP contribution in [0.3, 0.4) is 0 Å². The third kappa shape index (κ3) is 2.83. The van der Waals surface area contributed by atoms with E-state index in [-0.39, 0.29) is 18.5 Å². The first-order chi connectivity index (χ1) is 11.7. The summed E-state index contributed by atoms with van der Waals surface area (Å²) in [6.45, 7) is 0.643. The molecule has 0 saturated carbocycles. The Balaban J connectivity index is 2.15. The molecular formula is C19H22N2O3. The predicted molar refractivity (Wildman–Crippen MR) is 92.3 cm³/mol. The van der Waals surface area contributed by atoms with Crippen LogP contribution in [0, 0.1) is 0 Å². The van der Waals surface area contributed by atoms with Crippen molar-refractivity contribution in [1.82, 2.24) is 4.90 Å². The zero-order valence-electron chi connectivity index (χ0n) is 14.0. The van der Waals surface area contributed by atoms with Gasteiger partial charge >= 0.3 is 0 Å². The van der Waals surface area contributed by atoms with E-state index in [1.807, 2.05) is 47.4 Å². The Morgan fingerprint density at radius 3 is 2.46 bits per heavy atom. The molecule has 0 aliphatic carbocycles. The maximum absolute atomic E-state index is 12.4. The van der Waals surface area contributed by atoms with Gasteiger partial charge in [-0.2, -0.15) is 0 Å². The molecule has 2 aromatic rings. The first kappa shape index (κ1) is 16.3. The van der Waals surface area contributed by atoms with Crippen molar-refractivity contribution in [1.29, 1.82) is 0 Å². The van der Waals surface area contributed by atoms with E-state index in [0.29, 0.717) is 18.0 Å². The largest absolute Gasteiger partial charge is 0.493 e. The Morgan fingerprint density at radius 1 is 1.17 bits per heavy atom. The Bertz CT molecular complexity index is 731. The van der Waals surface area contributed by atoms with Crippen LogP contribution in [0.15, 0.2) is 42.5 Å². The van der Waals surface area contributed by atoms with E-state index >= 15 is 0 Å². The van der Waals surface area contributed by atoms with Crippen LogP contribution in [-0.2, 0) is 11.2 Å². The quantitative estimate of drug-likeness (QED) is 0.935. The maximum atomic E-state index is 12.4. The van der Waals surface area contributed by atoms with Crippen molar-refractivity contribution in [2.75, 3.05) is 27.3 Å². The number of hydrogen-bond donors (Lipinski definition) is 1. The highest BCUT2D eigenvalue weighted by molar-refractivity contribution is 5.79. The van der Waals surface area contributed by atoms with Crippen LogP contribution in [0.1, 0.15) is 22.7 Å². The van der Waals surface area contributed by atoms with E-state index in [2.05, 4.69) is 0 Å². The second kappa shape index (κ2) is 6.93. The summed E-state index contributed by atoms with van der Waals surface area (Å²) in [5.41, 5.74) is 8.92. The minimum Gasteiger partial charge on any atom is -0.493 e. The first-order valence-electron chi connectivity index (χ1n) is 7.98. The molecule has 1 heterocycles. The van der Waals surface area contributed by atoms with Gasteiger partial charge in [-0.3, -0.25) is 4.79 Å². The second-order valence-corrected chi connectivity index (χ2v) is 5.76. The topological polar surface area (TPSA) is 64.8 Å². The lowest BCUT2D eigenvalue weighted by atomic mass is 9.87. The summed E-state index contributed by atoms with van der Waals surface area (Å²) in [7, 11) is 3.25. The molecule has 0 spiro atoms. The highest BCUT2D eigenvalue weighted by Gasteiger charge is 2.32. The van der Waals surface area contributed by atoms with Crippen molar-refractivity contribution in [3.05, 3.63) is 59.2 Å². The van der Waals surface area contributed by atoms with Gasteiger partial charge in [0.05, 0.1) is 26.8 Å². The summed E-state index contributed by atoms with van der Waals surface area (Å²) in [5, 5.41) is 0. The molecule has 0 radical (unpaired) electrons. The monoisotopic (exact) mass is 326 g/mol. The van der Waals surface area contributed by atoms with Gasteiger partial charge in [0.15, 0.2) is 11.5 Å². The summed E-state index contributed by atoms with van der Waals surface area (Å²) >= 11 is 0. The number of rotatable bonds is 4. The summed E-state index contributed by atoms with van der Waals surface area (Å²) in [4.78, 5) is 14.2. The first-order valence-corrected chi connectivity index (χ1v) is 7.98. The predicted octanol–water partition coefficient (Wildman–Crippen LogP) is 2.14. The van der Waals surface area contributed by atoms with Crippen molar-refractivity contribution in [3.8, 4) is 11.5 Å². The van der Waals surface area contributed by atoms with Gasteiger partial charge in [-0.05, 0) is 35.2 Å². The van der Waals surface area contributed by atoms with Crippen molar-refractivity contribution in [3.63, 3.8) is 0 Å². The number of benzene rings is 2. The lowest BCUT2D eigenvalue weighted by molar-refractivity contribution is -0.131. The third-order valence-corrected chi connectivity index (χ3v) is 4.48. The molecule has 0 saturated heterocycles. The van der Waals surface area contributed by atoms with Gasteiger partial charge < -0.3 is 20.1 Å². The number of methoxy groups -OCH3 is 2. The SMILES string of the molecule is COc1cc2c(cc1OC)C(c1ccccc1)N(C(=O)CN)CC2. The van der Waals surface area contributed by atoms with Crippen LogP contribution in [0.4, 0.5) is 0 Å². The summed E-state index contributed by atoms with van der Waals surface area (Å²) in [6, 6.07) is 13.8. The van der Waals surface area contributed by atoms with E-state index in [4.69, 9.17) is 15.2 Å². The molecule has 2 N–H and O–H groups in total. The minimum atomic E-state index is -0.161. The smallest absolute Gasteiger partial charge is 0.237 e. The third-order valence-electron chi connectivity index (χ3n) is 4.48. The van der Waals surface area contributed by atoms with Crippen molar-refractivity contribution >= 4 is 5.91 Å². The molecular weight excluding hydrogens is 304 g/mol. The van der Waals surface area contributed by atoms with Gasteiger partial charge in [-0.15, -0.1) is 0 Å². The Labute approximate surface area is 142 Å². The van der Waals surface area contributed by atoms with E-state index in [1.165, 1.54) is 5.56 Å². The van der Waals surface area contributed by atoms with E-state index in [0.717, 1.165) is 17.5 Å². The summed E-state index contributed by atoms with van der Waals surface area (Å²) in [6.07, 6.45) is 0.769. The molecule has 24 heavy (non-hydrogen) atoms. The van der Waals surface area contributed by atoms with E-state index in [9.17, 15) is 4.79 Å². The fourth-order valence-corrected chi connectivity index (χ4v) is 3.33. The molecule has 1 atom stereocenters. The second-order valence-electron chi connectivity index (χ2n) is 5.76. The Kier molecular flexibility index (Phi) is 4.71. The zero-order valence-corrected chi connectivity index (χ0v) is 14.0. The number of carbonyl (C=O) groups excluding carboxylic acids is 1. The molecule has 0 aromatic heterocycles. The van der Waals surface area contributed by atoms with E-state index in [1.54, 1.807) is 14.2 Å². The van der Waals surface area contributed by atoms with Gasteiger partial charge in [-0.25, -0.2) is 0 Å². The van der Waals surface area contributed by atoms with Crippen LogP contribution in [-0.4, -0.2) is 38.1 Å². The minimum absolute atomic E-state index is 0.00591. The number of ether oxygens (including phenoxy) is 2. The highest BCUT2D eigenvalue weighted by Crippen LogP contribution is 2.40. The van der Waals surface area contributed by atoms with Gasteiger partial charge in [0.1, 0.15) is 0 Å². The number of nitrogens with zero attached hydrogens (tertiary/aromatic N) is 1. The van der Waals surface area contributed by atoms with Crippen molar-refractivity contribution in [2.45, 2.75) is 12.5 Å². The van der Waals surface area contributed by atoms with Crippen LogP contribution < -0.4 is 15.2 Å². The van der Waals surface area contributed by atoms with Crippen molar-refractivity contribution < 1.29 is 14.3 Å². The average molecular weight is 326 g/mol. The molecule has 5 nitrogen and oxygen atoms in total. The highest BCUT2D eigenvalue weighted by atomic mass is 16.5. The lowest BCUT2D eigenvalue weighted by Gasteiger charge is -2.38. The van der Waals surface area contributed by atoms with Gasteiger partial charge in [-0.1, -0.05) is 30.3 Å². The number of nitrogens with two attached hydrogens (primary N) is 1. The molecule has 1 unspecified atom stereocenters. The Hall–Kier alpha value is -2.53. The summed E-state index contributed by atoms with van der Waals surface area (Å²) in [5.74, 6) is 1.32. The standard InChI is InChI=1S/C19H22N2O3/c1-23-16-10-14-8-9-21(18(22)12-20)19(13-6-4-3-5-7-13)15(14)11-17(16)24-2/h3-7,10-11,19H,8-9,12,20H2,1-2H3. The number of amides is 1. The number of fused-ring (bicyclic) bond motifs is 1. The number of hydrogen-bond acceptors (Lipinski definition) is 4. The fraction of sp³-hybridized carbons (Fsp3) is 0.316. The van der Waals surface area contributed by atoms with Gasteiger partial charge in [0, 0.05) is 6.54 Å². The molecule has 3 rings (SSSR count). The zero-order chi connectivity index (χ0) is 17.1. The van der Waals surface area contributed by atoms with Crippen LogP contribution in [0.5, 0.6) is 11.5 Å². The molecule has 1 aliphatic heterocycles.